The van der Waals surface area contributed by atoms with Crippen LogP contribution < -0.4 is 0 Å². The molecule has 1 atom stereocenters. The topological polar surface area (TPSA) is 40.5 Å². The van der Waals surface area contributed by atoms with Gasteiger partial charge in [0.2, 0.25) is 0 Å². The zero-order valence-corrected chi connectivity index (χ0v) is 5.04. The van der Waals surface area contributed by atoms with Crippen molar-refractivity contribution in [1.29, 1.82) is 0 Å². The van der Waals surface area contributed by atoms with Gasteiger partial charge >= 0.3 is 0 Å². The molecule has 0 heterocycles. The van der Waals surface area contributed by atoms with Crippen LogP contribution in [0.25, 0.3) is 0 Å². The van der Waals surface area contributed by atoms with Crippen LogP contribution in [0, 0.1) is 0 Å². The van der Waals surface area contributed by atoms with Gasteiger partial charge in [-0.25, -0.2) is 0 Å². The van der Waals surface area contributed by atoms with E-state index in [0.717, 1.165) is 0 Å². The lowest BCUT2D eigenvalue weighted by molar-refractivity contribution is 0.217. The summed E-state index contributed by atoms with van der Waals surface area (Å²) >= 11 is 0. The summed E-state index contributed by atoms with van der Waals surface area (Å²) < 4.78 is 0. The molecule has 48 valence electrons. The van der Waals surface area contributed by atoms with E-state index in [2.05, 4.69) is 0 Å². The third-order valence-electron chi connectivity index (χ3n) is 0.882. The number of aliphatic hydroxyl groups excluding tert-OH is 2. The Labute approximate surface area is 49.5 Å². The first-order chi connectivity index (χ1) is 3.81. The van der Waals surface area contributed by atoms with Gasteiger partial charge in [0, 0.05) is 0 Å². The van der Waals surface area contributed by atoms with E-state index >= 15 is 0 Å². The van der Waals surface area contributed by atoms with Crippen LogP contribution in [-0.2, 0) is 0 Å². The van der Waals surface area contributed by atoms with Crippen LogP contribution in [-0.4, -0.2) is 22.9 Å². The van der Waals surface area contributed by atoms with Crippen molar-refractivity contribution < 1.29 is 10.2 Å². The van der Waals surface area contributed by atoms with Gasteiger partial charge in [-0.2, -0.15) is 0 Å². The van der Waals surface area contributed by atoms with Gasteiger partial charge in [0.25, 0.3) is 0 Å². The van der Waals surface area contributed by atoms with Gasteiger partial charge in [-0.05, 0) is 6.42 Å². The monoisotopic (exact) mass is 116 g/mol. The maximum atomic E-state index is 8.79. The first kappa shape index (κ1) is 7.66. The smallest absolute Gasteiger partial charge is 0.0719 e. The molecule has 8 heavy (non-hydrogen) atoms. The Morgan fingerprint density at radius 3 is 2.62 bits per heavy atom. The molecule has 0 radical (unpaired) electrons. The van der Waals surface area contributed by atoms with Gasteiger partial charge < -0.3 is 10.2 Å². The molecule has 0 aliphatic rings. The van der Waals surface area contributed by atoms with Crippen LogP contribution in [0.5, 0.6) is 0 Å². The van der Waals surface area contributed by atoms with E-state index in [1.165, 1.54) is 6.08 Å². The highest BCUT2D eigenvalue weighted by Gasteiger charge is 1.89. The van der Waals surface area contributed by atoms with E-state index in [1.54, 1.807) is 6.08 Å². The summed E-state index contributed by atoms with van der Waals surface area (Å²) in [5.74, 6) is 0. The molecule has 2 heteroatoms. The van der Waals surface area contributed by atoms with Crippen molar-refractivity contribution in [2.45, 2.75) is 19.4 Å². The lowest BCUT2D eigenvalue weighted by atomic mass is 10.2. The molecule has 0 aromatic carbocycles. The largest absolute Gasteiger partial charge is 0.392 e. The standard InChI is InChI=1S/C6H12O2/c1-2-6(8)4-3-5-7/h3-4,6-8H,2,5H2,1H3/b4-3+. The normalized spacial score (nSPS) is 14.9. The Morgan fingerprint density at radius 1 is 1.62 bits per heavy atom. The van der Waals surface area contributed by atoms with Gasteiger partial charge in [-0.1, -0.05) is 19.1 Å². The molecule has 1 unspecified atom stereocenters. The molecular weight excluding hydrogens is 104 g/mol. The number of hydrogen-bond donors (Lipinski definition) is 2. The Morgan fingerprint density at radius 2 is 2.25 bits per heavy atom. The predicted octanol–water partition coefficient (Wildman–Crippen LogP) is 0.306. The maximum Gasteiger partial charge on any atom is 0.0719 e. The molecule has 2 N–H and O–H groups in total. The van der Waals surface area contributed by atoms with E-state index in [1.807, 2.05) is 6.92 Å². The van der Waals surface area contributed by atoms with Gasteiger partial charge in [-0.3, -0.25) is 0 Å². The summed E-state index contributed by atoms with van der Waals surface area (Å²) in [7, 11) is 0. The summed E-state index contributed by atoms with van der Waals surface area (Å²) in [4.78, 5) is 0. The quantitative estimate of drug-likeness (QED) is 0.521. The lowest BCUT2D eigenvalue weighted by Crippen LogP contribution is -1.98. The molecule has 0 aliphatic carbocycles. The molecule has 2 nitrogen and oxygen atoms in total. The van der Waals surface area contributed by atoms with Crippen LogP contribution in [0.3, 0.4) is 0 Å². The van der Waals surface area contributed by atoms with Gasteiger partial charge in [0.1, 0.15) is 0 Å². The van der Waals surface area contributed by atoms with Gasteiger partial charge in [0.05, 0.1) is 12.7 Å². The van der Waals surface area contributed by atoms with Crippen LogP contribution in [0.1, 0.15) is 13.3 Å². The number of rotatable bonds is 3. The lowest BCUT2D eigenvalue weighted by Gasteiger charge is -1.96. The minimum Gasteiger partial charge on any atom is -0.392 e. The Hall–Kier alpha value is -0.340. The Kier molecular flexibility index (Phi) is 4.61. The molecule has 0 amide bonds. The maximum absolute atomic E-state index is 8.79. The first-order valence-corrected chi connectivity index (χ1v) is 2.76. The summed E-state index contributed by atoms with van der Waals surface area (Å²) in [5.41, 5.74) is 0. The highest BCUT2D eigenvalue weighted by molar-refractivity contribution is 4.86. The van der Waals surface area contributed by atoms with Crippen molar-refractivity contribution in [3.8, 4) is 0 Å². The number of aliphatic hydroxyl groups is 2. The fourth-order valence-electron chi connectivity index (χ4n) is 0.354. The number of hydrogen-bond acceptors (Lipinski definition) is 2. The Balaban J connectivity index is 3.21. The molecule has 0 fully saturated rings. The SMILES string of the molecule is CCC(O)/C=C/CO. The van der Waals surface area contributed by atoms with E-state index in [0.29, 0.717) is 6.42 Å². The summed E-state index contributed by atoms with van der Waals surface area (Å²) in [5, 5.41) is 17.0. The second-order valence-electron chi connectivity index (χ2n) is 1.59. The van der Waals surface area contributed by atoms with E-state index in [9.17, 15) is 0 Å². The van der Waals surface area contributed by atoms with Crippen molar-refractivity contribution >= 4 is 0 Å². The van der Waals surface area contributed by atoms with Crippen molar-refractivity contribution in [2.75, 3.05) is 6.61 Å². The summed E-state index contributed by atoms with van der Waals surface area (Å²) in [6.07, 6.45) is 3.44. The molecule has 0 aromatic rings. The molecule has 0 saturated heterocycles. The van der Waals surface area contributed by atoms with Crippen molar-refractivity contribution in [3.05, 3.63) is 12.2 Å². The fraction of sp³-hybridized carbons (Fsp3) is 0.667. The average Bonchev–Trinajstić information content (AvgIpc) is 1.83. The molecule has 0 spiro atoms. The minimum absolute atomic E-state index is 0.0110. The molecular formula is C6H12O2. The third kappa shape index (κ3) is 3.84. The van der Waals surface area contributed by atoms with E-state index in [4.69, 9.17) is 10.2 Å². The first-order valence-electron chi connectivity index (χ1n) is 2.76. The Bertz CT molecular complexity index is 68.9. The summed E-state index contributed by atoms with van der Waals surface area (Å²) in [6.45, 7) is 1.89. The van der Waals surface area contributed by atoms with Crippen LogP contribution in [0.2, 0.25) is 0 Å². The molecule has 0 rings (SSSR count). The second kappa shape index (κ2) is 4.81. The van der Waals surface area contributed by atoms with Crippen LogP contribution in [0.4, 0.5) is 0 Å². The highest BCUT2D eigenvalue weighted by atomic mass is 16.3. The molecule has 0 saturated carbocycles. The van der Waals surface area contributed by atoms with E-state index < -0.39 is 0 Å². The van der Waals surface area contributed by atoms with Crippen molar-refractivity contribution in [1.82, 2.24) is 0 Å². The zero-order chi connectivity index (χ0) is 6.41. The fourth-order valence-corrected chi connectivity index (χ4v) is 0.354. The zero-order valence-electron chi connectivity index (χ0n) is 5.04. The molecule has 0 aliphatic heterocycles. The van der Waals surface area contributed by atoms with Crippen LogP contribution in [0.15, 0.2) is 12.2 Å². The van der Waals surface area contributed by atoms with Gasteiger partial charge in [0.15, 0.2) is 0 Å². The highest BCUT2D eigenvalue weighted by Crippen LogP contribution is 1.89. The molecule has 0 bridgehead atoms. The minimum atomic E-state index is -0.387. The molecule has 0 aromatic heterocycles. The second-order valence-corrected chi connectivity index (χ2v) is 1.59. The van der Waals surface area contributed by atoms with E-state index in [-0.39, 0.29) is 12.7 Å². The van der Waals surface area contributed by atoms with Crippen molar-refractivity contribution in [2.24, 2.45) is 0 Å². The van der Waals surface area contributed by atoms with Gasteiger partial charge in [-0.15, -0.1) is 0 Å². The van der Waals surface area contributed by atoms with Crippen LogP contribution >= 0.6 is 0 Å². The van der Waals surface area contributed by atoms with Crippen molar-refractivity contribution in [3.63, 3.8) is 0 Å². The predicted molar refractivity (Wildman–Crippen MR) is 32.5 cm³/mol. The average molecular weight is 116 g/mol. The summed E-state index contributed by atoms with van der Waals surface area (Å²) in [6, 6.07) is 0. The third-order valence-corrected chi connectivity index (χ3v) is 0.882.